The number of methoxy groups -OCH3 is 3. The van der Waals surface area contributed by atoms with Gasteiger partial charge in [0, 0.05) is 12.1 Å². The normalized spacial score (nSPS) is 10.2. The van der Waals surface area contributed by atoms with E-state index >= 15 is 0 Å². The van der Waals surface area contributed by atoms with E-state index in [1.165, 1.54) is 0 Å². The van der Waals surface area contributed by atoms with Crippen molar-refractivity contribution >= 4 is 5.91 Å². The van der Waals surface area contributed by atoms with Gasteiger partial charge in [-0.2, -0.15) is 0 Å². The Labute approximate surface area is 142 Å². The molecule has 128 valence electrons. The van der Waals surface area contributed by atoms with Crippen molar-refractivity contribution in [1.29, 1.82) is 0 Å². The number of benzene rings is 2. The van der Waals surface area contributed by atoms with Crippen molar-refractivity contribution in [1.82, 2.24) is 5.32 Å². The third-order valence-electron chi connectivity index (χ3n) is 3.90. The highest BCUT2D eigenvalue weighted by atomic mass is 16.5. The Hall–Kier alpha value is -2.69. The van der Waals surface area contributed by atoms with Crippen LogP contribution in [-0.4, -0.2) is 33.8 Å². The van der Waals surface area contributed by atoms with Crippen LogP contribution in [0.3, 0.4) is 0 Å². The Morgan fingerprint density at radius 1 is 0.958 bits per heavy atom. The summed E-state index contributed by atoms with van der Waals surface area (Å²) in [7, 11) is 4.78. The van der Waals surface area contributed by atoms with Gasteiger partial charge in [0.2, 0.25) is 0 Å². The molecule has 0 aliphatic rings. The van der Waals surface area contributed by atoms with Gasteiger partial charge in [0.25, 0.3) is 5.91 Å². The summed E-state index contributed by atoms with van der Waals surface area (Å²) < 4.78 is 16.0. The van der Waals surface area contributed by atoms with Gasteiger partial charge in [0.1, 0.15) is 17.2 Å². The van der Waals surface area contributed by atoms with Crippen LogP contribution >= 0.6 is 0 Å². The SMILES string of the molecule is COc1ccccc1CCNC(=O)c1ccc(OC)c(C)c1OC. The second kappa shape index (κ2) is 8.24. The number of amides is 1. The van der Waals surface area contributed by atoms with Crippen LogP contribution < -0.4 is 19.5 Å². The molecule has 0 radical (unpaired) electrons. The first-order chi connectivity index (χ1) is 11.6. The first kappa shape index (κ1) is 17.7. The summed E-state index contributed by atoms with van der Waals surface area (Å²) in [5.41, 5.74) is 2.35. The lowest BCUT2D eigenvalue weighted by molar-refractivity contribution is 0.0951. The van der Waals surface area contributed by atoms with E-state index in [0.29, 0.717) is 30.0 Å². The van der Waals surface area contributed by atoms with Gasteiger partial charge in [0.15, 0.2) is 0 Å². The highest BCUT2D eigenvalue weighted by molar-refractivity contribution is 5.97. The average molecular weight is 329 g/mol. The number of carbonyl (C=O) groups is 1. The molecule has 0 aliphatic carbocycles. The van der Waals surface area contributed by atoms with E-state index in [1.807, 2.05) is 31.2 Å². The number of hydrogen-bond donors (Lipinski definition) is 1. The number of hydrogen-bond acceptors (Lipinski definition) is 4. The second-order valence-corrected chi connectivity index (χ2v) is 5.29. The first-order valence-corrected chi connectivity index (χ1v) is 7.74. The van der Waals surface area contributed by atoms with Gasteiger partial charge in [-0.1, -0.05) is 18.2 Å². The zero-order chi connectivity index (χ0) is 17.5. The minimum absolute atomic E-state index is 0.174. The van der Waals surface area contributed by atoms with Crippen LogP contribution in [0.4, 0.5) is 0 Å². The molecule has 0 aromatic heterocycles. The Morgan fingerprint density at radius 3 is 2.33 bits per heavy atom. The summed E-state index contributed by atoms with van der Waals surface area (Å²) in [5, 5.41) is 2.92. The Bertz CT molecular complexity index is 713. The van der Waals surface area contributed by atoms with E-state index in [1.54, 1.807) is 33.5 Å². The minimum atomic E-state index is -0.174. The molecule has 1 N–H and O–H groups in total. The molecule has 0 bridgehead atoms. The highest BCUT2D eigenvalue weighted by Gasteiger charge is 2.17. The largest absolute Gasteiger partial charge is 0.496 e. The average Bonchev–Trinajstić information content (AvgIpc) is 2.61. The second-order valence-electron chi connectivity index (χ2n) is 5.29. The van der Waals surface area contributed by atoms with Gasteiger partial charge < -0.3 is 19.5 Å². The minimum Gasteiger partial charge on any atom is -0.496 e. The topological polar surface area (TPSA) is 56.8 Å². The van der Waals surface area contributed by atoms with Crippen molar-refractivity contribution in [3.63, 3.8) is 0 Å². The van der Waals surface area contributed by atoms with Gasteiger partial charge in [-0.15, -0.1) is 0 Å². The molecule has 0 atom stereocenters. The zero-order valence-electron chi connectivity index (χ0n) is 14.5. The van der Waals surface area contributed by atoms with Gasteiger partial charge in [-0.3, -0.25) is 4.79 Å². The van der Waals surface area contributed by atoms with Crippen molar-refractivity contribution < 1.29 is 19.0 Å². The lowest BCUT2D eigenvalue weighted by Crippen LogP contribution is -2.26. The lowest BCUT2D eigenvalue weighted by Gasteiger charge is -2.14. The van der Waals surface area contributed by atoms with Gasteiger partial charge in [-0.05, 0) is 37.1 Å². The quantitative estimate of drug-likeness (QED) is 0.848. The molecule has 0 saturated heterocycles. The molecular weight excluding hydrogens is 306 g/mol. The summed E-state index contributed by atoms with van der Waals surface area (Å²) in [6.45, 7) is 2.37. The molecule has 0 aliphatic heterocycles. The maximum Gasteiger partial charge on any atom is 0.255 e. The van der Waals surface area contributed by atoms with Crippen molar-refractivity contribution in [3.05, 3.63) is 53.1 Å². The van der Waals surface area contributed by atoms with Crippen LogP contribution in [-0.2, 0) is 6.42 Å². The van der Waals surface area contributed by atoms with Crippen LogP contribution in [0.5, 0.6) is 17.2 Å². The van der Waals surface area contributed by atoms with Crippen LogP contribution in [0, 0.1) is 6.92 Å². The number of rotatable bonds is 7. The van der Waals surface area contributed by atoms with Crippen LogP contribution in [0.25, 0.3) is 0 Å². The summed E-state index contributed by atoms with van der Waals surface area (Å²) in [5.74, 6) is 1.87. The predicted octanol–water partition coefficient (Wildman–Crippen LogP) is 2.99. The van der Waals surface area contributed by atoms with Crippen molar-refractivity contribution in [2.75, 3.05) is 27.9 Å². The first-order valence-electron chi connectivity index (χ1n) is 7.74. The maximum atomic E-state index is 12.5. The van der Waals surface area contributed by atoms with Gasteiger partial charge >= 0.3 is 0 Å². The van der Waals surface area contributed by atoms with Crippen LogP contribution in [0.1, 0.15) is 21.5 Å². The monoisotopic (exact) mass is 329 g/mol. The third-order valence-corrected chi connectivity index (χ3v) is 3.90. The fourth-order valence-corrected chi connectivity index (χ4v) is 2.65. The third kappa shape index (κ3) is 3.79. The molecule has 24 heavy (non-hydrogen) atoms. The molecule has 0 unspecified atom stereocenters. The van der Waals surface area contributed by atoms with E-state index in [2.05, 4.69) is 5.32 Å². The predicted molar refractivity (Wildman–Crippen MR) is 93.3 cm³/mol. The summed E-state index contributed by atoms with van der Waals surface area (Å²) >= 11 is 0. The molecule has 2 aromatic rings. The van der Waals surface area contributed by atoms with Crippen molar-refractivity contribution in [3.8, 4) is 17.2 Å². The Balaban J connectivity index is 2.06. The van der Waals surface area contributed by atoms with E-state index in [-0.39, 0.29) is 5.91 Å². The molecule has 5 nitrogen and oxygen atoms in total. The van der Waals surface area contributed by atoms with Crippen molar-refractivity contribution in [2.24, 2.45) is 0 Å². The maximum absolute atomic E-state index is 12.5. The summed E-state index contributed by atoms with van der Waals surface area (Å²) in [6.07, 6.45) is 0.688. The fourth-order valence-electron chi connectivity index (χ4n) is 2.65. The molecule has 0 saturated carbocycles. The molecule has 0 spiro atoms. The van der Waals surface area contributed by atoms with Crippen molar-refractivity contribution in [2.45, 2.75) is 13.3 Å². The Kier molecular flexibility index (Phi) is 6.07. The highest BCUT2D eigenvalue weighted by Crippen LogP contribution is 2.31. The lowest BCUT2D eigenvalue weighted by atomic mass is 10.1. The molecule has 2 rings (SSSR count). The molecule has 0 fully saturated rings. The number of ether oxygens (including phenoxy) is 3. The molecule has 5 heteroatoms. The zero-order valence-corrected chi connectivity index (χ0v) is 14.5. The standard InChI is InChI=1S/C19H23NO4/c1-13-16(22-2)10-9-15(18(13)24-4)19(21)20-12-11-14-7-5-6-8-17(14)23-3/h5-10H,11-12H2,1-4H3,(H,20,21). The van der Waals surface area contributed by atoms with E-state index in [0.717, 1.165) is 16.9 Å². The number of nitrogens with one attached hydrogen (secondary N) is 1. The molecular formula is C19H23NO4. The number of para-hydroxylation sites is 1. The van der Waals surface area contributed by atoms with Gasteiger partial charge in [0.05, 0.1) is 26.9 Å². The number of carbonyl (C=O) groups excluding carboxylic acids is 1. The Morgan fingerprint density at radius 2 is 1.67 bits per heavy atom. The van der Waals surface area contributed by atoms with Crippen LogP contribution in [0.15, 0.2) is 36.4 Å². The summed E-state index contributed by atoms with van der Waals surface area (Å²) in [6, 6.07) is 11.3. The molecule has 0 heterocycles. The fraction of sp³-hybridized carbons (Fsp3) is 0.316. The molecule has 1 amide bonds. The summed E-state index contributed by atoms with van der Waals surface area (Å²) in [4.78, 5) is 12.5. The smallest absolute Gasteiger partial charge is 0.255 e. The van der Waals surface area contributed by atoms with E-state index in [9.17, 15) is 4.79 Å². The van der Waals surface area contributed by atoms with Gasteiger partial charge in [-0.25, -0.2) is 0 Å². The van der Waals surface area contributed by atoms with E-state index in [4.69, 9.17) is 14.2 Å². The molecule has 2 aromatic carbocycles. The van der Waals surface area contributed by atoms with E-state index < -0.39 is 0 Å². The van der Waals surface area contributed by atoms with Crippen LogP contribution in [0.2, 0.25) is 0 Å².